The molecule has 1 aliphatic carbocycles. The van der Waals surface area contributed by atoms with Crippen LogP contribution in [0.25, 0.3) is 10.9 Å². The van der Waals surface area contributed by atoms with E-state index in [9.17, 15) is 4.79 Å². The SMILES string of the molecule is Cn1ncc2cc(C3(CC(=O)O)CC3)ccc21. The maximum absolute atomic E-state index is 10.9. The Bertz CT molecular complexity index is 596. The lowest BCUT2D eigenvalue weighted by molar-refractivity contribution is -0.137. The number of fused-ring (bicyclic) bond motifs is 1. The molecule has 2 aromatic rings. The fourth-order valence-electron chi connectivity index (χ4n) is 2.50. The van der Waals surface area contributed by atoms with Crippen molar-refractivity contribution in [3.63, 3.8) is 0 Å². The van der Waals surface area contributed by atoms with Crippen LogP contribution in [0.1, 0.15) is 24.8 Å². The van der Waals surface area contributed by atoms with Gasteiger partial charge in [-0.05, 0) is 30.5 Å². The second-order valence-corrected chi connectivity index (χ2v) is 4.89. The molecule has 1 fully saturated rings. The van der Waals surface area contributed by atoms with E-state index in [-0.39, 0.29) is 11.8 Å². The number of benzene rings is 1. The van der Waals surface area contributed by atoms with E-state index in [1.165, 1.54) is 0 Å². The molecule has 0 aliphatic heterocycles. The number of carboxylic acids is 1. The number of rotatable bonds is 3. The highest BCUT2D eigenvalue weighted by Gasteiger charge is 2.45. The van der Waals surface area contributed by atoms with E-state index < -0.39 is 5.97 Å². The van der Waals surface area contributed by atoms with Gasteiger partial charge in [0.25, 0.3) is 0 Å². The Morgan fingerprint density at radius 1 is 1.53 bits per heavy atom. The van der Waals surface area contributed by atoms with Gasteiger partial charge in [0.05, 0.1) is 18.1 Å². The van der Waals surface area contributed by atoms with E-state index in [1.54, 1.807) is 0 Å². The van der Waals surface area contributed by atoms with Crippen molar-refractivity contribution in [2.24, 2.45) is 7.05 Å². The van der Waals surface area contributed by atoms with Gasteiger partial charge in [-0.3, -0.25) is 9.48 Å². The Hall–Kier alpha value is -1.84. The number of hydrogen-bond donors (Lipinski definition) is 1. The number of carboxylic acid groups (broad SMARTS) is 1. The topological polar surface area (TPSA) is 55.1 Å². The first-order valence-electron chi connectivity index (χ1n) is 5.75. The lowest BCUT2D eigenvalue weighted by Gasteiger charge is -2.12. The van der Waals surface area contributed by atoms with Gasteiger partial charge in [0.2, 0.25) is 0 Å². The molecule has 0 atom stereocenters. The highest BCUT2D eigenvalue weighted by atomic mass is 16.4. The molecular formula is C13H14N2O2. The van der Waals surface area contributed by atoms with Gasteiger partial charge in [0.1, 0.15) is 0 Å². The Morgan fingerprint density at radius 2 is 2.29 bits per heavy atom. The van der Waals surface area contributed by atoms with Gasteiger partial charge >= 0.3 is 5.97 Å². The van der Waals surface area contributed by atoms with Crippen molar-refractivity contribution >= 4 is 16.9 Å². The zero-order valence-electron chi connectivity index (χ0n) is 9.68. The van der Waals surface area contributed by atoms with Crippen LogP contribution in [0.4, 0.5) is 0 Å². The molecule has 1 saturated carbocycles. The predicted molar refractivity (Wildman–Crippen MR) is 63.9 cm³/mol. The first-order chi connectivity index (χ1) is 8.11. The third kappa shape index (κ3) is 1.60. The average molecular weight is 230 g/mol. The quantitative estimate of drug-likeness (QED) is 0.878. The summed E-state index contributed by atoms with van der Waals surface area (Å²) in [4.78, 5) is 10.9. The van der Waals surface area contributed by atoms with Crippen LogP contribution in [-0.2, 0) is 17.3 Å². The highest BCUT2D eigenvalue weighted by molar-refractivity contribution is 5.80. The van der Waals surface area contributed by atoms with Crippen molar-refractivity contribution in [1.82, 2.24) is 9.78 Å². The van der Waals surface area contributed by atoms with Gasteiger partial charge in [0, 0.05) is 17.8 Å². The van der Waals surface area contributed by atoms with Crippen molar-refractivity contribution < 1.29 is 9.90 Å². The molecule has 88 valence electrons. The number of carbonyl (C=O) groups is 1. The fourth-order valence-corrected chi connectivity index (χ4v) is 2.50. The van der Waals surface area contributed by atoms with Gasteiger partial charge in [-0.1, -0.05) is 6.07 Å². The van der Waals surface area contributed by atoms with Crippen LogP contribution >= 0.6 is 0 Å². The first-order valence-corrected chi connectivity index (χ1v) is 5.75. The van der Waals surface area contributed by atoms with Crippen LogP contribution in [0, 0.1) is 0 Å². The number of nitrogens with zero attached hydrogens (tertiary/aromatic N) is 2. The van der Waals surface area contributed by atoms with Crippen LogP contribution in [0.5, 0.6) is 0 Å². The normalized spacial score (nSPS) is 17.2. The molecule has 0 amide bonds. The second kappa shape index (κ2) is 3.32. The van der Waals surface area contributed by atoms with Crippen LogP contribution in [0.3, 0.4) is 0 Å². The van der Waals surface area contributed by atoms with E-state index in [2.05, 4.69) is 11.2 Å². The largest absolute Gasteiger partial charge is 0.481 e. The van der Waals surface area contributed by atoms with Crippen molar-refractivity contribution in [2.75, 3.05) is 0 Å². The molecule has 3 rings (SSSR count). The molecule has 0 spiro atoms. The zero-order valence-corrected chi connectivity index (χ0v) is 9.68. The second-order valence-electron chi connectivity index (χ2n) is 4.89. The van der Waals surface area contributed by atoms with Crippen LogP contribution in [0.2, 0.25) is 0 Å². The Balaban J connectivity index is 2.03. The molecule has 4 heteroatoms. The molecule has 1 aromatic heterocycles. The Morgan fingerprint density at radius 3 is 2.94 bits per heavy atom. The Labute approximate surface area is 98.9 Å². The minimum absolute atomic E-state index is 0.115. The highest BCUT2D eigenvalue weighted by Crippen LogP contribution is 2.51. The van der Waals surface area contributed by atoms with E-state index >= 15 is 0 Å². The van der Waals surface area contributed by atoms with Gasteiger partial charge in [-0.2, -0.15) is 5.10 Å². The molecular weight excluding hydrogens is 216 g/mol. The minimum atomic E-state index is -0.714. The van der Waals surface area contributed by atoms with E-state index in [0.29, 0.717) is 0 Å². The monoisotopic (exact) mass is 230 g/mol. The summed E-state index contributed by atoms with van der Waals surface area (Å²) in [6.07, 6.45) is 4.02. The minimum Gasteiger partial charge on any atom is -0.481 e. The van der Waals surface area contributed by atoms with Crippen molar-refractivity contribution in [3.8, 4) is 0 Å². The fraction of sp³-hybridized carbons (Fsp3) is 0.385. The predicted octanol–water partition coefficient (Wildman–Crippen LogP) is 2.08. The van der Waals surface area contributed by atoms with Crippen molar-refractivity contribution in [2.45, 2.75) is 24.7 Å². The molecule has 4 nitrogen and oxygen atoms in total. The maximum Gasteiger partial charge on any atom is 0.304 e. The van der Waals surface area contributed by atoms with Crippen LogP contribution in [0.15, 0.2) is 24.4 Å². The third-order valence-corrected chi connectivity index (χ3v) is 3.70. The standard InChI is InChI=1S/C13H14N2O2/c1-15-11-3-2-10(6-9(11)8-14-15)13(4-5-13)7-12(16)17/h2-3,6,8H,4-5,7H2,1H3,(H,16,17). The summed E-state index contributed by atoms with van der Waals surface area (Å²) in [5.41, 5.74) is 2.11. The van der Waals surface area contributed by atoms with Crippen molar-refractivity contribution in [1.29, 1.82) is 0 Å². The third-order valence-electron chi connectivity index (χ3n) is 3.70. The molecule has 1 N–H and O–H groups in total. The number of hydrogen-bond acceptors (Lipinski definition) is 2. The molecule has 0 saturated heterocycles. The van der Waals surface area contributed by atoms with Gasteiger partial charge in [-0.15, -0.1) is 0 Å². The molecule has 0 bridgehead atoms. The average Bonchev–Trinajstić information content (AvgIpc) is 2.96. The molecule has 1 heterocycles. The maximum atomic E-state index is 10.9. The number of aryl methyl sites for hydroxylation is 1. The van der Waals surface area contributed by atoms with Crippen LogP contribution in [-0.4, -0.2) is 20.9 Å². The number of aromatic nitrogens is 2. The molecule has 17 heavy (non-hydrogen) atoms. The van der Waals surface area contributed by atoms with Crippen LogP contribution < -0.4 is 0 Å². The van der Waals surface area contributed by atoms with E-state index in [4.69, 9.17) is 5.11 Å². The summed E-state index contributed by atoms with van der Waals surface area (Å²) in [7, 11) is 1.91. The van der Waals surface area contributed by atoms with Gasteiger partial charge in [0.15, 0.2) is 0 Å². The smallest absolute Gasteiger partial charge is 0.304 e. The van der Waals surface area contributed by atoms with E-state index in [1.807, 2.05) is 30.1 Å². The molecule has 0 radical (unpaired) electrons. The van der Waals surface area contributed by atoms with E-state index in [0.717, 1.165) is 29.3 Å². The van der Waals surface area contributed by atoms with Gasteiger partial charge < -0.3 is 5.11 Å². The molecule has 1 aromatic carbocycles. The lowest BCUT2D eigenvalue weighted by Crippen LogP contribution is -2.12. The first kappa shape index (κ1) is 10.3. The summed E-state index contributed by atoms with van der Waals surface area (Å²) in [6, 6.07) is 6.15. The number of aliphatic carboxylic acids is 1. The summed E-state index contributed by atoms with van der Waals surface area (Å²) >= 11 is 0. The Kier molecular flexibility index (Phi) is 2.02. The van der Waals surface area contributed by atoms with Gasteiger partial charge in [-0.25, -0.2) is 0 Å². The summed E-state index contributed by atoms with van der Waals surface area (Å²) in [6.45, 7) is 0. The summed E-state index contributed by atoms with van der Waals surface area (Å²) < 4.78 is 1.83. The lowest BCUT2D eigenvalue weighted by atomic mass is 9.92. The summed E-state index contributed by atoms with van der Waals surface area (Å²) in [5.74, 6) is -0.714. The molecule has 0 unspecified atom stereocenters. The molecule has 1 aliphatic rings. The zero-order chi connectivity index (χ0) is 12.0. The summed E-state index contributed by atoms with van der Waals surface area (Å²) in [5, 5.41) is 14.2. The van der Waals surface area contributed by atoms with Crippen molar-refractivity contribution in [3.05, 3.63) is 30.0 Å².